The van der Waals surface area contributed by atoms with Gasteiger partial charge < -0.3 is 4.74 Å². The zero-order valence-electron chi connectivity index (χ0n) is 18.5. The van der Waals surface area contributed by atoms with Crippen LogP contribution < -0.4 is 14.5 Å². The van der Waals surface area contributed by atoms with E-state index in [1.165, 1.54) is 24.4 Å². The standard InChI is InChI=1S/C23H21ClN4O6S/c1-35(32,33)27(19-6-4-7-20(13-19)28(30)31)15-23(29)26-25-14-17-9-11-21(12-10-17)34-16-18-5-2-3-8-22(18)24/h2-14H,15-16H2,1H3,(H,26,29)/b25-14-. The summed E-state index contributed by atoms with van der Waals surface area (Å²) in [4.78, 5) is 22.6. The number of carbonyl (C=O) groups is 1. The second-order valence-electron chi connectivity index (χ2n) is 7.29. The molecule has 0 aliphatic heterocycles. The number of ether oxygens (including phenoxy) is 1. The van der Waals surface area contributed by atoms with Crippen LogP contribution >= 0.6 is 11.6 Å². The molecule has 182 valence electrons. The van der Waals surface area contributed by atoms with E-state index in [0.29, 0.717) is 22.9 Å². The molecule has 0 atom stereocenters. The van der Waals surface area contributed by atoms with Gasteiger partial charge in [-0.3, -0.25) is 19.2 Å². The number of carbonyl (C=O) groups excluding carboxylic acids is 1. The first kappa shape index (κ1) is 25.7. The number of anilines is 1. The maximum absolute atomic E-state index is 12.3. The Bertz CT molecular complexity index is 1350. The van der Waals surface area contributed by atoms with E-state index in [2.05, 4.69) is 10.5 Å². The van der Waals surface area contributed by atoms with Crippen molar-refractivity contribution in [2.75, 3.05) is 17.1 Å². The van der Waals surface area contributed by atoms with Gasteiger partial charge in [0.1, 0.15) is 18.9 Å². The van der Waals surface area contributed by atoms with Crippen LogP contribution in [-0.4, -0.2) is 38.3 Å². The zero-order chi connectivity index (χ0) is 25.4. The summed E-state index contributed by atoms with van der Waals surface area (Å²) in [6.45, 7) is -0.295. The fraction of sp³-hybridized carbons (Fsp3) is 0.130. The molecule has 0 aliphatic rings. The molecule has 0 saturated heterocycles. The summed E-state index contributed by atoms with van der Waals surface area (Å²) in [7, 11) is -3.89. The van der Waals surface area contributed by atoms with E-state index < -0.39 is 27.4 Å². The lowest BCUT2D eigenvalue weighted by atomic mass is 10.2. The minimum Gasteiger partial charge on any atom is -0.489 e. The Morgan fingerprint density at radius 3 is 2.51 bits per heavy atom. The number of sulfonamides is 1. The van der Waals surface area contributed by atoms with Crippen LogP contribution in [0.25, 0.3) is 0 Å². The number of hydrogen-bond donors (Lipinski definition) is 1. The quantitative estimate of drug-likeness (QED) is 0.248. The summed E-state index contributed by atoms with van der Waals surface area (Å²) in [5, 5.41) is 15.4. The molecule has 1 N–H and O–H groups in total. The summed E-state index contributed by atoms with van der Waals surface area (Å²) >= 11 is 6.11. The highest BCUT2D eigenvalue weighted by atomic mass is 35.5. The summed E-state index contributed by atoms with van der Waals surface area (Å²) in [5.41, 5.74) is 3.47. The van der Waals surface area contributed by atoms with Crippen molar-refractivity contribution in [3.8, 4) is 5.75 Å². The molecule has 0 saturated carbocycles. The van der Waals surface area contributed by atoms with Crippen molar-refractivity contribution < 1.29 is 22.9 Å². The fourth-order valence-electron chi connectivity index (χ4n) is 2.93. The highest BCUT2D eigenvalue weighted by molar-refractivity contribution is 7.92. The van der Waals surface area contributed by atoms with Gasteiger partial charge in [0.15, 0.2) is 0 Å². The fourth-order valence-corrected chi connectivity index (χ4v) is 3.97. The first-order chi connectivity index (χ1) is 16.6. The number of halogens is 1. The molecule has 0 fully saturated rings. The van der Waals surface area contributed by atoms with Crippen LogP contribution in [0.5, 0.6) is 5.75 Å². The maximum Gasteiger partial charge on any atom is 0.271 e. The summed E-state index contributed by atoms with van der Waals surface area (Å²) in [5.74, 6) is -0.107. The minimum atomic E-state index is -3.89. The van der Waals surface area contributed by atoms with Gasteiger partial charge in [-0.1, -0.05) is 35.9 Å². The minimum absolute atomic E-state index is 0.00629. The van der Waals surface area contributed by atoms with Gasteiger partial charge in [0, 0.05) is 22.7 Å². The van der Waals surface area contributed by atoms with Crippen LogP contribution in [0.4, 0.5) is 11.4 Å². The van der Waals surface area contributed by atoms with E-state index in [1.54, 1.807) is 30.3 Å². The Morgan fingerprint density at radius 2 is 1.86 bits per heavy atom. The lowest BCUT2D eigenvalue weighted by Gasteiger charge is -2.21. The van der Waals surface area contributed by atoms with Crippen LogP contribution in [0.3, 0.4) is 0 Å². The number of nitro groups is 1. The Hall–Kier alpha value is -3.96. The lowest BCUT2D eigenvalue weighted by Crippen LogP contribution is -2.39. The third kappa shape index (κ3) is 7.52. The van der Waals surface area contributed by atoms with Crippen LogP contribution in [0.15, 0.2) is 77.9 Å². The Balaban J connectivity index is 1.58. The molecule has 12 heteroatoms. The molecule has 35 heavy (non-hydrogen) atoms. The molecular weight excluding hydrogens is 496 g/mol. The molecule has 0 aromatic heterocycles. The highest BCUT2D eigenvalue weighted by Crippen LogP contribution is 2.23. The molecule has 0 spiro atoms. The zero-order valence-corrected chi connectivity index (χ0v) is 20.1. The van der Waals surface area contributed by atoms with Crippen molar-refractivity contribution in [3.05, 3.63) is 99.1 Å². The van der Waals surface area contributed by atoms with Crippen LogP contribution in [0, 0.1) is 10.1 Å². The summed E-state index contributed by atoms with van der Waals surface area (Å²) < 4.78 is 30.8. The number of nitro benzene ring substituents is 1. The van der Waals surface area contributed by atoms with Gasteiger partial charge in [0.05, 0.1) is 23.1 Å². The van der Waals surface area contributed by atoms with Gasteiger partial charge in [-0.15, -0.1) is 0 Å². The number of hydrazone groups is 1. The number of rotatable bonds is 10. The summed E-state index contributed by atoms with van der Waals surface area (Å²) in [6, 6.07) is 19.3. The van der Waals surface area contributed by atoms with Crippen molar-refractivity contribution in [2.45, 2.75) is 6.61 Å². The van der Waals surface area contributed by atoms with E-state index in [4.69, 9.17) is 16.3 Å². The highest BCUT2D eigenvalue weighted by Gasteiger charge is 2.22. The average Bonchev–Trinajstić information content (AvgIpc) is 2.82. The first-order valence-electron chi connectivity index (χ1n) is 10.1. The monoisotopic (exact) mass is 516 g/mol. The molecule has 0 radical (unpaired) electrons. The molecule has 3 rings (SSSR count). The molecule has 1 amide bonds. The predicted octanol–water partition coefficient (Wildman–Crippen LogP) is 3.74. The van der Waals surface area contributed by atoms with Crippen LogP contribution in [0.1, 0.15) is 11.1 Å². The topological polar surface area (TPSA) is 131 Å². The number of non-ortho nitro benzene ring substituents is 1. The molecule has 10 nitrogen and oxygen atoms in total. The maximum atomic E-state index is 12.3. The van der Waals surface area contributed by atoms with Crippen molar-refractivity contribution >= 4 is 45.1 Å². The Morgan fingerprint density at radius 1 is 1.14 bits per heavy atom. The van der Waals surface area contributed by atoms with E-state index in [9.17, 15) is 23.3 Å². The van der Waals surface area contributed by atoms with Gasteiger partial charge in [-0.05, 0) is 42.0 Å². The summed E-state index contributed by atoms with van der Waals surface area (Å²) in [6.07, 6.45) is 2.28. The number of amides is 1. The van der Waals surface area contributed by atoms with E-state index >= 15 is 0 Å². The third-order valence-electron chi connectivity index (χ3n) is 4.65. The van der Waals surface area contributed by atoms with Crippen molar-refractivity contribution in [2.24, 2.45) is 5.10 Å². The predicted molar refractivity (Wildman–Crippen MR) is 133 cm³/mol. The van der Waals surface area contributed by atoms with Crippen molar-refractivity contribution in [3.63, 3.8) is 0 Å². The molecule has 3 aromatic rings. The van der Waals surface area contributed by atoms with Crippen LogP contribution in [-0.2, 0) is 21.4 Å². The molecular formula is C23H21ClN4O6S. The molecule has 0 unspecified atom stereocenters. The van der Waals surface area contributed by atoms with Gasteiger partial charge in [0.25, 0.3) is 11.6 Å². The molecule has 0 heterocycles. The van der Waals surface area contributed by atoms with E-state index in [-0.39, 0.29) is 11.4 Å². The number of nitrogens with one attached hydrogen (secondary N) is 1. The third-order valence-corrected chi connectivity index (χ3v) is 6.16. The molecule has 0 aliphatic carbocycles. The van der Waals surface area contributed by atoms with E-state index in [1.807, 2.05) is 18.2 Å². The Labute approximate surface area is 207 Å². The number of benzene rings is 3. The normalized spacial score (nSPS) is 11.3. The largest absolute Gasteiger partial charge is 0.489 e. The van der Waals surface area contributed by atoms with Gasteiger partial charge >= 0.3 is 0 Å². The van der Waals surface area contributed by atoms with Gasteiger partial charge in [0.2, 0.25) is 10.0 Å². The SMILES string of the molecule is CS(=O)(=O)N(CC(=O)N/N=C\c1ccc(OCc2ccccc2Cl)cc1)c1cccc([N+](=O)[O-])c1. The number of hydrogen-bond acceptors (Lipinski definition) is 7. The van der Waals surface area contributed by atoms with Gasteiger partial charge in [-0.2, -0.15) is 5.10 Å². The van der Waals surface area contributed by atoms with Gasteiger partial charge in [-0.25, -0.2) is 13.8 Å². The second-order valence-corrected chi connectivity index (χ2v) is 9.60. The lowest BCUT2D eigenvalue weighted by molar-refractivity contribution is -0.384. The average molecular weight is 517 g/mol. The Kier molecular flexibility index (Phi) is 8.39. The van der Waals surface area contributed by atoms with Crippen molar-refractivity contribution in [1.29, 1.82) is 0 Å². The van der Waals surface area contributed by atoms with Crippen LogP contribution in [0.2, 0.25) is 5.02 Å². The molecule has 3 aromatic carbocycles. The second kappa shape index (κ2) is 11.4. The van der Waals surface area contributed by atoms with Crippen molar-refractivity contribution in [1.82, 2.24) is 5.43 Å². The van der Waals surface area contributed by atoms with E-state index in [0.717, 1.165) is 22.2 Å². The first-order valence-corrected chi connectivity index (χ1v) is 12.4. The smallest absolute Gasteiger partial charge is 0.271 e. The molecule has 0 bridgehead atoms. The number of nitrogens with zero attached hydrogens (tertiary/aromatic N) is 3.